The third kappa shape index (κ3) is 4.45. The fourth-order valence-electron chi connectivity index (χ4n) is 2.63. The minimum Gasteiger partial charge on any atom is -0.355 e. The van der Waals surface area contributed by atoms with Crippen molar-refractivity contribution in [2.45, 2.75) is 33.2 Å². The Kier molecular flexibility index (Phi) is 6.21. The van der Waals surface area contributed by atoms with Crippen LogP contribution < -0.4 is 10.9 Å². The molecule has 0 aliphatic carbocycles. The molecule has 0 aromatic carbocycles. The average molecular weight is 418 g/mol. The summed E-state index contributed by atoms with van der Waals surface area (Å²) in [5.41, 5.74) is 1.97. The third-order valence-electron chi connectivity index (χ3n) is 3.92. The fourth-order valence-corrected chi connectivity index (χ4v) is 3.97. The Balaban J connectivity index is 2.05. The van der Waals surface area contributed by atoms with Crippen LogP contribution in [0.5, 0.6) is 0 Å². The number of aromatic nitrogens is 4. The zero-order chi connectivity index (χ0) is 20.3. The summed E-state index contributed by atoms with van der Waals surface area (Å²) >= 11 is 7.52. The van der Waals surface area contributed by atoms with Crippen LogP contribution in [0.1, 0.15) is 32.4 Å². The molecule has 3 heterocycles. The Morgan fingerprint density at radius 2 is 2.11 bits per heavy atom. The van der Waals surface area contributed by atoms with Crippen LogP contribution in [-0.4, -0.2) is 32.2 Å². The Labute approximate surface area is 171 Å². The van der Waals surface area contributed by atoms with E-state index >= 15 is 0 Å². The van der Waals surface area contributed by atoms with E-state index in [9.17, 15) is 9.59 Å². The molecule has 0 spiro atoms. The van der Waals surface area contributed by atoms with Crippen LogP contribution in [0.2, 0.25) is 5.02 Å². The Morgan fingerprint density at radius 3 is 2.79 bits per heavy atom. The molecule has 0 aliphatic heterocycles. The van der Waals surface area contributed by atoms with Crippen LogP contribution in [0.4, 0.5) is 0 Å². The number of pyridine rings is 1. The van der Waals surface area contributed by atoms with Gasteiger partial charge in [0.2, 0.25) is 5.91 Å². The number of carbonyl (C=O) groups is 1. The maximum atomic E-state index is 12.1. The molecule has 7 nitrogen and oxygen atoms in total. The van der Waals surface area contributed by atoms with Crippen molar-refractivity contribution in [2.75, 3.05) is 6.54 Å². The third-order valence-corrected chi connectivity index (χ3v) is 5.27. The molecule has 1 N–H and O–H groups in total. The highest BCUT2D eigenvalue weighted by Crippen LogP contribution is 2.37. The molecule has 3 rings (SSSR count). The summed E-state index contributed by atoms with van der Waals surface area (Å²) in [5, 5.41) is 8.39. The average Bonchev–Trinajstić information content (AvgIpc) is 3.09. The summed E-state index contributed by atoms with van der Waals surface area (Å²) in [6.45, 7) is 6.29. The summed E-state index contributed by atoms with van der Waals surface area (Å²) in [7, 11) is 0. The molecule has 1 amide bonds. The lowest BCUT2D eigenvalue weighted by atomic mass is 10.1. The molecule has 0 saturated carbocycles. The minimum absolute atomic E-state index is 0.124. The van der Waals surface area contributed by atoms with Gasteiger partial charge in [-0.15, -0.1) is 11.3 Å². The molecule has 0 aliphatic rings. The predicted octanol–water partition coefficient (Wildman–Crippen LogP) is 3.34. The smallest absolute Gasteiger partial charge is 0.267 e. The van der Waals surface area contributed by atoms with Crippen molar-refractivity contribution in [1.82, 2.24) is 25.1 Å². The Bertz CT molecular complexity index is 1060. The topological polar surface area (TPSA) is 89.8 Å². The van der Waals surface area contributed by atoms with Gasteiger partial charge in [-0.25, -0.2) is 9.67 Å². The van der Waals surface area contributed by atoms with Crippen molar-refractivity contribution in [1.29, 1.82) is 0 Å². The first-order valence-corrected chi connectivity index (χ1v) is 10.0. The number of nitrogens with one attached hydrogen (secondary N) is 1. The summed E-state index contributed by atoms with van der Waals surface area (Å²) in [6.07, 6.45) is 3.28. The minimum atomic E-state index is -0.329. The number of rotatable bonds is 6. The van der Waals surface area contributed by atoms with Gasteiger partial charge in [0.05, 0.1) is 15.6 Å². The quantitative estimate of drug-likeness (QED) is 0.664. The molecule has 0 radical (unpaired) electrons. The highest BCUT2D eigenvalue weighted by atomic mass is 35.5. The number of hydrogen-bond donors (Lipinski definition) is 1. The van der Waals surface area contributed by atoms with Crippen molar-refractivity contribution >= 4 is 28.8 Å². The standard InChI is InChI=1S/C19H20ClN5O2S/c1-4-22-15(26)10-25-16(27)6-5-14(24-25)18-17(11(2)3)23-19(28-18)12-7-13(20)9-21-8-12/h5-9,11H,4,10H2,1-3H3,(H,22,26). The molecule has 0 atom stereocenters. The van der Waals surface area contributed by atoms with Crippen molar-refractivity contribution in [3.8, 4) is 21.1 Å². The van der Waals surface area contributed by atoms with Gasteiger partial charge in [-0.1, -0.05) is 25.4 Å². The van der Waals surface area contributed by atoms with Crippen molar-refractivity contribution in [3.05, 3.63) is 51.7 Å². The van der Waals surface area contributed by atoms with Gasteiger partial charge in [0.25, 0.3) is 5.56 Å². The Morgan fingerprint density at radius 1 is 1.32 bits per heavy atom. The first-order valence-electron chi connectivity index (χ1n) is 8.86. The van der Waals surface area contributed by atoms with Crippen LogP contribution in [0, 0.1) is 0 Å². The molecule has 3 aromatic rings. The van der Waals surface area contributed by atoms with Crippen molar-refractivity contribution in [3.63, 3.8) is 0 Å². The van der Waals surface area contributed by atoms with E-state index in [0.29, 0.717) is 17.3 Å². The van der Waals surface area contributed by atoms with Crippen molar-refractivity contribution in [2.24, 2.45) is 0 Å². The van der Waals surface area contributed by atoms with E-state index in [0.717, 1.165) is 21.1 Å². The van der Waals surface area contributed by atoms with Gasteiger partial charge in [0, 0.05) is 30.6 Å². The SMILES string of the molecule is CCNC(=O)Cn1nc(-c2sc(-c3cncc(Cl)c3)nc2C(C)C)ccc1=O. The Hall–Kier alpha value is -2.58. The van der Waals surface area contributed by atoms with E-state index in [-0.39, 0.29) is 23.9 Å². The van der Waals surface area contributed by atoms with Gasteiger partial charge in [-0.2, -0.15) is 5.10 Å². The van der Waals surface area contributed by atoms with Crippen LogP contribution >= 0.6 is 22.9 Å². The summed E-state index contributed by atoms with van der Waals surface area (Å²) in [4.78, 5) is 33.7. The first kappa shape index (κ1) is 20.2. The molecule has 9 heteroatoms. The van der Waals surface area contributed by atoms with E-state index in [1.807, 2.05) is 26.8 Å². The highest BCUT2D eigenvalue weighted by Gasteiger charge is 2.19. The normalized spacial score (nSPS) is 11.0. The number of nitrogens with zero attached hydrogens (tertiary/aromatic N) is 4. The van der Waals surface area contributed by atoms with Crippen LogP contribution in [0.15, 0.2) is 35.4 Å². The fraction of sp³-hybridized carbons (Fsp3) is 0.316. The molecular weight excluding hydrogens is 398 g/mol. The predicted molar refractivity (Wildman–Crippen MR) is 111 cm³/mol. The maximum Gasteiger partial charge on any atom is 0.267 e. The summed E-state index contributed by atoms with van der Waals surface area (Å²) in [6, 6.07) is 4.90. The molecule has 3 aromatic heterocycles. The lowest BCUT2D eigenvalue weighted by Gasteiger charge is -2.08. The molecule has 146 valence electrons. The molecule has 0 fully saturated rings. The van der Waals surface area contributed by atoms with E-state index in [1.54, 1.807) is 18.5 Å². The molecule has 28 heavy (non-hydrogen) atoms. The second kappa shape index (κ2) is 8.62. The van der Waals surface area contributed by atoms with Gasteiger partial charge in [0.1, 0.15) is 17.2 Å². The molecule has 0 saturated heterocycles. The highest BCUT2D eigenvalue weighted by molar-refractivity contribution is 7.18. The van der Waals surface area contributed by atoms with E-state index in [2.05, 4.69) is 15.4 Å². The van der Waals surface area contributed by atoms with Crippen molar-refractivity contribution < 1.29 is 4.79 Å². The van der Waals surface area contributed by atoms with E-state index in [1.165, 1.54) is 22.1 Å². The zero-order valence-electron chi connectivity index (χ0n) is 15.8. The van der Waals surface area contributed by atoms with Gasteiger partial charge in [-0.05, 0) is 25.0 Å². The molecular formula is C19H20ClN5O2S. The van der Waals surface area contributed by atoms with E-state index in [4.69, 9.17) is 16.6 Å². The van der Waals surface area contributed by atoms with Crippen LogP contribution in [0.25, 0.3) is 21.1 Å². The monoisotopic (exact) mass is 417 g/mol. The largest absolute Gasteiger partial charge is 0.355 e. The second-order valence-corrected chi connectivity index (χ2v) is 7.88. The maximum absolute atomic E-state index is 12.1. The zero-order valence-corrected chi connectivity index (χ0v) is 17.3. The first-order chi connectivity index (χ1) is 13.4. The molecule has 0 bridgehead atoms. The number of carbonyl (C=O) groups excluding carboxylic acids is 1. The lowest BCUT2D eigenvalue weighted by Crippen LogP contribution is -2.33. The van der Waals surface area contributed by atoms with E-state index < -0.39 is 0 Å². The van der Waals surface area contributed by atoms with Gasteiger partial charge in [0.15, 0.2) is 0 Å². The lowest BCUT2D eigenvalue weighted by molar-refractivity contribution is -0.121. The second-order valence-electron chi connectivity index (χ2n) is 6.45. The van der Waals surface area contributed by atoms with Gasteiger partial charge < -0.3 is 5.32 Å². The molecule has 0 unspecified atom stereocenters. The number of halogens is 1. The van der Waals surface area contributed by atoms with Crippen LogP contribution in [0.3, 0.4) is 0 Å². The number of amides is 1. The van der Waals surface area contributed by atoms with Crippen LogP contribution in [-0.2, 0) is 11.3 Å². The number of hydrogen-bond acceptors (Lipinski definition) is 6. The summed E-state index contributed by atoms with van der Waals surface area (Å²) in [5.74, 6) is -0.106. The summed E-state index contributed by atoms with van der Waals surface area (Å²) < 4.78 is 1.17. The van der Waals surface area contributed by atoms with Gasteiger partial charge >= 0.3 is 0 Å². The van der Waals surface area contributed by atoms with Gasteiger partial charge in [-0.3, -0.25) is 14.6 Å². The number of thiazole rings is 1. The number of likely N-dealkylation sites (N-methyl/N-ethyl adjacent to an activating group) is 1.